The van der Waals surface area contributed by atoms with Crippen molar-refractivity contribution in [1.82, 2.24) is 4.57 Å². The molecule has 0 aliphatic rings. The standard InChI is InChI=1S/C15H15N3S/c1-2-7-18-10-12(8-11(9-16)15(17)19)13-5-3-4-6-14(13)18/h3-6,8,10H,2,7H2,1H3,(H2,17,19)/b11-8-. The SMILES string of the molecule is CCCn1cc(/C=C(/C#N)C(N)=S)c2ccccc21. The van der Waals surface area contributed by atoms with Crippen LogP contribution in [0.4, 0.5) is 0 Å². The van der Waals surface area contributed by atoms with E-state index in [1.807, 2.05) is 30.5 Å². The highest BCUT2D eigenvalue weighted by Crippen LogP contribution is 2.23. The quantitative estimate of drug-likeness (QED) is 0.526. The molecule has 0 aliphatic heterocycles. The third kappa shape index (κ3) is 2.67. The zero-order valence-corrected chi connectivity index (χ0v) is 11.6. The topological polar surface area (TPSA) is 54.7 Å². The Morgan fingerprint density at radius 2 is 2.21 bits per heavy atom. The lowest BCUT2D eigenvalue weighted by Crippen LogP contribution is -2.09. The molecule has 0 saturated heterocycles. The molecule has 0 bridgehead atoms. The van der Waals surface area contributed by atoms with Gasteiger partial charge in [0, 0.05) is 29.2 Å². The highest BCUT2D eigenvalue weighted by atomic mass is 32.1. The molecular formula is C15H15N3S. The Balaban J connectivity index is 2.62. The number of hydrogen-bond acceptors (Lipinski definition) is 2. The van der Waals surface area contributed by atoms with Crippen LogP contribution in [0.15, 0.2) is 36.0 Å². The molecule has 0 saturated carbocycles. The van der Waals surface area contributed by atoms with Crippen LogP contribution in [0.2, 0.25) is 0 Å². The second kappa shape index (κ2) is 5.68. The molecule has 0 unspecified atom stereocenters. The Morgan fingerprint density at radius 1 is 1.47 bits per heavy atom. The molecule has 1 aromatic carbocycles. The smallest absolute Gasteiger partial charge is 0.114 e. The fourth-order valence-electron chi connectivity index (χ4n) is 2.13. The summed E-state index contributed by atoms with van der Waals surface area (Å²) in [6, 6.07) is 10.2. The summed E-state index contributed by atoms with van der Waals surface area (Å²) in [5.74, 6) is 0. The van der Waals surface area contributed by atoms with Gasteiger partial charge in [0.2, 0.25) is 0 Å². The Hall–Kier alpha value is -2.12. The summed E-state index contributed by atoms with van der Waals surface area (Å²) >= 11 is 4.88. The van der Waals surface area contributed by atoms with E-state index in [0.717, 1.165) is 29.4 Å². The minimum atomic E-state index is 0.134. The lowest BCUT2D eigenvalue weighted by molar-refractivity contribution is 0.703. The van der Waals surface area contributed by atoms with Gasteiger partial charge in [0.25, 0.3) is 0 Å². The Kier molecular flexibility index (Phi) is 3.98. The molecule has 0 atom stereocenters. The maximum Gasteiger partial charge on any atom is 0.114 e. The first-order valence-electron chi connectivity index (χ1n) is 6.16. The number of aromatic nitrogens is 1. The summed E-state index contributed by atoms with van der Waals surface area (Å²) in [5.41, 5.74) is 8.02. The van der Waals surface area contributed by atoms with E-state index in [1.54, 1.807) is 6.08 Å². The van der Waals surface area contributed by atoms with Crippen molar-refractivity contribution in [2.45, 2.75) is 19.9 Å². The highest BCUT2D eigenvalue weighted by molar-refractivity contribution is 7.80. The van der Waals surface area contributed by atoms with Gasteiger partial charge in [0.15, 0.2) is 0 Å². The summed E-state index contributed by atoms with van der Waals surface area (Å²) in [6.07, 6.45) is 4.86. The predicted molar refractivity (Wildman–Crippen MR) is 82.6 cm³/mol. The maximum absolute atomic E-state index is 9.05. The number of rotatable bonds is 4. The van der Waals surface area contributed by atoms with Gasteiger partial charge in [-0.3, -0.25) is 0 Å². The van der Waals surface area contributed by atoms with E-state index in [4.69, 9.17) is 23.2 Å². The summed E-state index contributed by atoms with van der Waals surface area (Å²) in [7, 11) is 0. The fourth-order valence-corrected chi connectivity index (χ4v) is 2.23. The van der Waals surface area contributed by atoms with Crippen LogP contribution < -0.4 is 5.73 Å². The van der Waals surface area contributed by atoms with Crippen LogP contribution in [0.1, 0.15) is 18.9 Å². The average molecular weight is 269 g/mol. The van der Waals surface area contributed by atoms with Crippen LogP contribution >= 0.6 is 12.2 Å². The van der Waals surface area contributed by atoms with Crippen LogP contribution in [0, 0.1) is 11.3 Å². The van der Waals surface area contributed by atoms with Crippen molar-refractivity contribution in [3.8, 4) is 6.07 Å². The zero-order chi connectivity index (χ0) is 13.8. The summed E-state index contributed by atoms with van der Waals surface area (Å²) in [6.45, 7) is 3.09. The Morgan fingerprint density at radius 3 is 2.84 bits per heavy atom. The Bertz CT molecular complexity index is 689. The number of aryl methyl sites for hydroxylation is 1. The average Bonchev–Trinajstić information content (AvgIpc) is 2.75. The van der Waals surface area contributed by atoms with Gasteiger partial charge >= 0.3 is 0 Å². The number of fused-ring (bicyclic) bond motifs is 1. The normalized spacial score (nSPS) is 11.5. The van der Waals surface area contributed by atoms with Crippen molar-refractivity contribution < 1.29 is 0 Å². The number of benzene rings is 1. The van der Waals surface area contributed by atoms with E-state index >= 15 is 0 Å². The van der Waals surface area contributed by atoms with Gasteiger partial charge in [-0.05, 0) is 18.6 Å². The van der Waals surface area contributed by atoms with Gasteiger partial charge in [-0.1, -0.05) is 37.3 Å². The lowest BCUT2D eigenvalue weighted by Gasteiger charge is -2.01. The first-order chi connectivity index (χ1) is 9.17. The molecule has 0 radical (unpaired) electrons. The van der Waals surface area contributed by atoms with E-state index in [1.165, 1.54) is 0 Å². The van der Waals surface area contributed by atoms with Gasteiger partial charge in [-0.15, -0.1) is 0 Å². The molecule has 2 aromatic rings. The molecule has 0 spiro atoms. The van der Waals surface area contributed by atoms with E-state index in [2.05, 4.69) is 17.6 Å². The molecule has 96 valence electrons. The van der Waals surface area contributed by atoms with Gasteiger partial charge in [-0.2, -0.15) is 5.26 Å². The Labute approximate surface area is 117 Å². The van der Waals surface area contributed by atoms with E-state index < -0.39 is 0 Å². The fraction of sp³-hybridized carbons (Fsp3) is 0.200. The second-order valence-corrected chi connectivity index (χ2v) is 4.77. The van der Waals surface area contributed by atoms with Gasteiger partial charge in [0.1, 0.15) is 11.1 Å². The summed E-state index contributed by atoms with van der Waals surface area (Å²) < 4.78 is 2.19. The molecule has 3 nitrogen and oxygen atoms in total. The third-order valence-corrected chi connectivity index (χ3v) is 3.19. The van der Waals surface area contributed by atoms with Gasteiger partial charge in [0.05, 0.1) is 5.57 Å². The van der Waals surface area contributed by atoms with E-state index in [9.17, 15) is 0 Å². The summed E-state index contributed by atoms with van der Waals surface area (Å²) in [4.78, 5) is 0.134. The first kappa shape index (κ1) is 13.3. The molecule has 0 fully saturated rings. The molecule has 2 rings (SSSR count). The third-order valence-electron chi connectivity index (χ3n) is 2.97. The predicted octanol–water partition coefficient (Wildman–Crippen LogP) is 3.24. The number of nitrogens with two attached hydrogens (primary N) is 1. The van der Waals surface area contributed by atoms with Crippen molar-refractivity contribution in [3.05, 3.63) is 41.6 Å². The highest BCUT2D eigenvalue weighted by Gasteiger charge is 2.07. The second-order valence-electron chi connectivity index (χ2n) is 4.33. The van der Waals surface area contributed by atoms with Crippen molar-refractivity contribution in [1.29, 1.82) is 5.26 Å². The largest absolute Gasteiger partial charge is 0.389 e. The first-order valence-corrected chi connectivity index (χ1v) is 6.57. The van der Waals surface area contributed by atoms with Crippen molar-refractivity contribution in [2.75, 3.05) is 0 Å². The molecule has 4 heteroatoms. The van der Waals surface area contributed by atoms with Crippen LogP contribution in [0.5, 0.6) is 0 Å². The summed E-state index contributed by atoms with van der Waals surface area (Å²) in [5, 5.41) is 10.2. The maximum atomic E-state index is 9.05. The molecule has 0 aliphatic carbocycles. The van der Waals surface area contributed by atoms with Gasteiger partial charge in [-0.25, -0.2) is 0 Å². The molecule has 2 N–H and O–H groups in total. The zero-order valence-electron chi connectivity index (χ0n) is 10.8. The van der Waals surface area contributed by atoms with Crippen LogP contribution in [-0.2, 0) is 6.54 Å². The monoisotopic (exact) mass is 269 g/mol. The molecule has 19 heavy (non-hydrogen) atoms. The van der Waals surface area contributed by atoms with Crippen LogP contribution in [-0.4, -0.2) is 9.56 Å². The van der Waals surface area contributed by atoms with Crippen molar-refractivity contribution >= 4 is 34.2 Å². The minimum absolute atomic E-state index is 0.134. The van der Waals surface area contributed by atoms with Crippen molar-refractivity contribution in [2.24, 2.45) is 5.73 Å². The van der Waals surface area contributed by atoms with E-state index in [0.29, 0.717) is 5.57 Å². The number of nitrogens with zero attached hydrogens (tertiary/aromatic N) is 2. The minimum Gasteiger partial charge on any atom is -0.389 e. The molecule has 1 heterocycles. The number of nitriles is 1. The molecular weight excluding hydrogens is 254 g/mol. The van der Waals surface area contributed by atoms with Gasteiger partial charge < -0.3 is 10.3 Å². The number of para-hydroxylation sites is 1. The van der Waals surface area contributed by atoms with Crippen molar-refractivity contribution in [3.63, 3.8) is 0 Å². The molecule has 0 amide bonds. The van der Waals surface area contributed by atoms with Crippen LogP contribution in [0.25, 0.3) is 17.0 Å². The number of thiocarbonyl (C=S) groups is 1. The van der Waals surface area contributed by atoms with E-state index in [-0.39, 0.29) is 4.99 Å². The van der Waals surface area contributed by atoms with Crippen LogP contribution in [0.3, 0.4) is 0 Å². The lowest BCUT2D eigenvalue weighted by atomic mass is 10.1. The molecule has 1 aromatic heterocycles. The number of hydrogen-bond donors (Lipinski definition) is 1.